The molecule has 0 aliphatic carbocycles. The molecule has 0 N–H and O–H groups in total. The molecule has 154 valence electrons. The number of benzene rings is 1. The maximum absolute atomic E-state index is 13.8. The van der Waals surface area contributed by atoms with Crippen molar-refractivity contribution in [3.05, 3.63) is 47.3 Å². The van der Waals surface area contributed by atoms with Gasteiger partial charge in [-0.15, -0.1) is 10.2 Å². The summed E-state index contributed by atoms with van der Waals surface area (Å²) in [5, 5.41) is 8.72. The Labute approximate surface area is 169 Å². The minimum absolute atomic E-state index is 0.00414. The van der Waals surface area contributed by atoms with Crippen LogP contribution >= 0.6 is 0 Å². The van der Waals surface area contributed by atoms with Crippen LogP contribution in [-0.2, 0) is 29.1 Å². The van der Waals surface area contributed by atoms with E-state index in [-0.39, 0.29) is 30.0 Å². The lowest BCUT2D eigenvalue weighted by Gasteiger charge is -2.33. The number of aryl methyl sites for hydroxylation is 1. The first-order chi connectivity index (χ1) is 14.0. The summed E-state index contributed by atoms with van der Waals surface area (Å²) in [6.45, 7) is 4.76. The average Bonchev–Trinajstić information content (AvgIpc) is 3.16. The first kappa shape index (κ1) is 19.5. The predicted molar refractivity (Wildman–Crippen MR) is 104 cm³/mol. The topological polar surface area (TPSA) is 71.3 Å². The number of likely N-dealkylation sites (tertiary alicyclic amines) is 1. The second-order valence-electron chi connectivity index (χ2n) is 7.84. The minimum Gasteiger partial charge on any atom is -0.342 e. The molecule has 29 heavy (non-hydrogen) atoms. The van der Waals surface area contributed by atoms with Crippen LogP contribution in [0, 0.1) is 5.82 Å². The van der Waals surface area contributed by atoms with Gasteiger partial charge in [0.1, 0.15) is 11.6 Å². The summed E-state index contributed by atoms with van der Waals surface area (Å²) in [5.74, 6) is 1.73. The second kappa shape index (κ2) is 8.31. The van der Waals surface area contributed by atoms with E-state index in [4.69, 9.17) is 0 Å². The molecule has 1 unspecified atom stereocenters. The van der Waals surface area contributed by atoms with Crippen molar-refractivity contribution >= 4 is 11.8 Å². The summed E-state index contributed by atoms with van der Waals surface area (Å²) in [7, 11) is 0. The Bertz CT molecular complexity index is 912. The van der Waals surface area contributed by atoms with Crippen LogP contribution < -0.4 is 0 Å². The monoisotopic (exact) mass is 399 g/mol. The standard InChI is InChI=1S/C21H26FN5O2/c1-15(28)25-10-4-6-17(13-25)21-24-23-19-14-26(11-12-27(19)21)20(29)9-8-16-5-2-3-7-18(16)22/h2-3,5,7,17H,4,6,8-14H2,1H3. The fourth-order valence-corrected chi connectivity index (χ4v) is 4.27. The van der Waals surface area contributed by atoms with Crippen molar-refractivity contribution in [1.82, 2.24) is 24.6 Å². The number of piperidine rings is 1. The highest BCUT2D eigenvalue weighted by atomic mass is 19.1. The van der Waals surface area contributed by atoms with Gasteiger partial charge in [-0.05, 0) is 30.9 Å². The van der Waals surface area contributed by atoms with Gasteiger partial charge in [0.2, 0.25) is 11.8 Å². The molecule has 1 saturated heterocycles. The number of rotatable bonds is 4. The third-order valence-corrected chi connectivity index (χ3v) is 5.93. The van der Waals surface area contributed by atoms with Crippen LogP contribution in [0.3, 0.4) is 0 Å². The number of amides is 2. The lowest BCUT2D eigenvalue weighted by Crippen LogP contribution is -2.41. The summed E-state index contributed by atoms with van der Waals surface area (Å²) in [5.41, 5.74) is 0.565. The molecule has 0 bridgehead atoms. The molecule has 4 rings (SSSR count). The van der Waals surface area contributed by atoms with Gasteiger partial charge < -0.3 is 14.4 Å². The fraction of sp³-hybridized carbons (Fsp3) is 0.524. The van der Waals surface area contributed by atoms with Crippen LogP contribution in [0.4, 0.5) is 4.39 Å². The fourth-order valence-electron chi connectivity index (χ4n) is 4.27. The van der Waals surface area contributed by atoms with Crippen LogP contribution in [0.15, 0.2) is 24.3 Å². The third kappa shape index (κ3) is 4.16. The zero-order valence-electron chi connectivity index (χ0n) is 16.7. The first-order valence-corrected chi connectivity index (χ1v) is 10.2. The molecule has 3 heterocycles. The van der Waals surface area contributed by atoms with Crippen molar-refractivity contribution in [1.29, 1.82) is 0 Å². The molecule has 1 atom stereocenters. The van der Waals surface area contributed by atoms with Crippen LogP contribution in [-0.4, -0.2) is 56.0 Å². The molecule has 2 aliphatic heterocycles. The van der Waals surface area contributed by atoms with Crippen molar-refractivity contribution < 1.29 is 14.0 Å². The van der Waals surface area contributed by atoms with Gasteiger partial charge in [-0.3, -0.25) is 9.59 Å². The molecule has 0 spiro atoms. The van der Waals surface area contributed by atoms with Gasteiger partial charge >= 0.3 is 0 Å². The quantitative estimate of drug-likeness (QED) is 0.790. The van der Waals surface area contributed by atoms with E-state index in [1.807, 2.05) is 4.90 Å². The number of hydrogen-bond donors (Lipinski definition) is 0. The third-order valence-electron chi connectivity index (χ3n) is 5.93. The molecule has 2 amide bonds. The van der Waals surface area contributed by atoms with Gasteiger partial charge in [0.25, 0.3) is 0 Å². The normalized spacial score (nSPS) is 19.2. The Morgan fingerprint density at radius 1 is 1.14 bits per heavy atom. The maximum atomic E-state index is 13.8. The molecule has 2 aromatic rings. The summed E-state index contributed by atoms with van der Waals surface area (Å²) in [4.78, 5) is 28.0. The summed E-state index contributed by atoms with van der Waals surface area (Å²) >= 11 is 0. The Morgan fingerprint density at radius 2 is 1.97 bits per heavy atom. The van der Waals surface area contributed by atoms with Crippen molar-refractivity contribution in [3.8, 4) is 0 Å². The van der Waals surface area contributed by atoms with Gasteiger partial charge in [0, 0.05) is 45.4 Å². The number of fused-ring (bicyclic) bond motifs is 1. The Morgan fingerprint density at radius 3 is 2.76 bits per heavy atom. The number of halogens is 1. The highest BCUT2D eigenvalue weighted by Gasteiger charge is 2.30. The van der Waals surface area contributed by atoms with E-state index < -0.39 is 0 Å². The predicted octanol–water partition coefficient (Wildman–Crippen LogP) is 2.12. The van der Waals surface area contributed by atoms with E-state index >= 15 is 0 Å². The lowest BCUT2D eigenvalue weighted by molar-refractivity contribution is -0.133. The van der Waals surface area contributed by atoms with Crippen molar-refractivity contribution in [3.63, 3.8) is 0 Å². The van der Waals surface area contributed by atoms with Gasteiger partial charge in [-0.25, -0.2) is 4.39 Å². The summed E-state index contributed by atoms with van der Waals surface area (Å²) < 4.78 is 15.9. The smallest absolute Gasteiger partial charge is 0.223 e. The van der Waals surface area contributed by atoms with Gasteiger partial charge in [0.05, 0.1) is 6.54 Å². The first-order valence-electron chi connectivity index (χ1n) is 10.2. The van der Waals surface area contributed by atoms with E-state index in [9.17, 15) is 14.0 Å². The molecule has 2 aliphatic rings. The Hall–Kier alpha value is -2.77. The van der Waals surface area contributed by atoms with E-state index in [1.54, 1.807) is 30.0 Å². The maximum Gasteiger partial charge on any atom is 0.223 e. The van der Waals surface area contributed by atoms with Gasteiger partial charge in [0.15, 0.2) is 5.82 Å². The molecule has 1 aromatic carbocycles. The number of aromatic nitrogens is 3. The van der Waals surface area contributed by atoms with Crippen molar-refractivity contribution in [2.75, 3.05) is 19.6 Å². The van der Waals surface area contributed by atoms with E-state index in [1.165, 1.54) is 6.07 Å². The van der Waals surface area contributed by atoms with E-state index in [0.29, 0.717) is 38.2 Å². The highest BCUT2D eigenvalue weighted by molar-refractivity contribution is 5.76. The largest absolute Gasteiger partial charge is 0.342 e. The molecular weight excluding hydrogens is 373 g/mol. The molecule has 7 nitrogen and oxygen atoms in total. The Balaban J connectivity index is 1.39. The molecule has 8 heteroatoms. The Kier molecular flexibility index (Phi) is 5.60. The average molecular weight is 399 g/mol. The zero-order chi connectivity index (χ0) is 20.4. The van der Waals surface area contributed by atoms with Crippen LogP contribution in [0.5, 0.6) is 0 Å². The summed E-state index contributed by atoms with van der Waals surface area (Å²) in [6.07, 6.45) is 2.63. The SMILES string of the molecule is CC(=O)N1CCCC(c2nnc3n2CCN(C(=O)CCc2ccccc2F)C3)C1. The molecule has 1 aromatic heterocycles. The van der Waals surface area contributed by atoms with Crippen LogP contribution in [0.25, 0.3) is 0 Å². The zero-order valence-corrected chi connectivity index (χ0v) is 16.7. The molecule has 0 radical (unpaired) electrons. The van der Waals surface area contributed by atoms with Crippen LogP contribution in [0.1, 0.15) is 49.3 Å². The number of nitrogens with zero attached hydrogens (tertiary/aromatic N) is 5. The highest BCUT2D eigenvalue weighted by Crippen LogP contribution is 2.27. The van der Waals surface area contributed by atoms with Crippen molar-refractivity contribution in [2.24, 2.45) is 0 Å². The molecular formula is C21H26FN5O2. The summed E-state index contributed by atoms with van der Waals surface area (Å²) in [6, 6.07) is 6.57. The van der Waals surface area contributed by atoms with Crippen molar-refractivity contribution in [2.45, 2.75) is 51.6 Å². The molecule has 1 fully saturated rings. The number of hydrogen-bond acceptors (Lipinski definition) is 4. The number of carbonyl (C=O) groups excluding carboxylic acids is 2. The second-order valence-corrected chi connectivity index (χ2v) is 7.84. The molecule has 0 saturated carbocycles. The van der Waals surface area contributed by atoms with E-state index in [0.717, 1.165) is 31.0 Å². The lowest BCUT2D eigenvalue weighted by atomic mass is 9.97. The van der Waals surface area contributed by atoms with E-state index in [2.05, 4.69) is 14.8 Å². The number of carbonyl (C=O) groups is 2. The minimum atomic E-state index is -0.268. The van der Waals surface area contributed by atoms with Gasteiger partial charge in [-0.2, -0.15) is 0 Å². The van der Waals surface area contributed by atoms with Gasteiger partial charge in [-0.1, -0.05) is 18.2 Å². The van der Waals surface area contributed by atoms with Crippen LogP contribution in [0.2, 0.25) is 0 Å².